The van der Waals surface area contributed by atoms with E-state index in [0.29, 0.717) is 6.61 Å². The normalized spacial score (nSPS) is 19.3. The number of fused-ring (bicyclic) bond motifs is 1. The van der Waals surface area contributed by atoms with Crippen LogP contribution in [-0.4, -0.2) is 44.3 Å². The molecule has 1 aliphatic rings. The Kier molecular flexibility index (Phi) is 3.77. The Labute approximate surface area is 134 Å². The smallest absolute Gasteiger partial charge is 0.163 e. The summed E-state index contributed by atoms with van der Waals surface area (Å²) in [6.45, 7) is 3.38. The van der Waals surface area contributed by atoms with E-state index in [1.54, 1.807) is 6.33 Å². The minimum Gasteiger partial charge on any atom is -0.368 e. The van der Waals surface area contributed by atoms with Crippen molar-refractivity contribution in [1.82, 2.24) is 24.6 Å². The number of hydrogen-bond donors (Lipinski definition) is 0. The van der Waals surface area contributed by atoms with Crippen molar-refractivity contribution in [3.8, 4) is 0 Å². The third kappa shape index (κ3) is 2.95. The van der Waals surface area contributed by atoms with Crippen LogP contribution in [0.2, 0.25) is 0 Å². The Morgan fingerprint density at radius 2 is 2.26 bits per heavy atom. The molecule has 1 atom stereocenters. The predicted octanol–water partition coefficient (Wildman–Crippen LogP) is 1.94. The van der Waals surface area contributed by atoms with Crippen molar-refractivity contribution in [1.29, 1.82) is 0 Å². The minimum absolute atomic E-state index is 0.0154. The first-order valence-corrected chi connectivity index (χ1v) is 7.81. The lowest BCUT2D eigenvalue weighted by Crippen LogP contribution is -2.38. The lowest BCUT2D eigenvalue weighted by molar-refractivity contribution is -0.0385. The second kappa shape index (κ2) is 6.06. The Morgan fingerprint density at radius 3 is 3.13 bits per heavy atom. The Balaban J connectivity index is 1.50. The maximum absolute atomic E-state index is 5.87. The van der Waals surface area contributed by atoms with Gasteiger partial charge in [0.05, 0.1) is 12.1 Å². The summed E-state index contributed by atoms with van der Waals surface area (Å²) in [5.74, 6) is 0.886. The fraction of sp³-hybridized carbons (Fsp3) is 0.353. The lowest BCUT2D eigenvalue weighted by atomic mass is 10.1. The number of aromatic nitrogens is 4. The molecule has 0 radical (unpaired) electrons. The zero-order chi connectivity index (χ0) is 15.6. The van der Waals surface area contributed by atoms with Gasteiger partial charge in [0.1, 0.15) is 12.4 Å². The largest absolute Gasteiger partial charge is 0.368 e. The third-order valence-corrected chi connectivity index (χ3v) is 4.26. The van der Waals surface area contributed by atoms with E-state index in [-0.39, 0.29) is 6.10 Å². The van der Waals surface area contributed by atoms with E-state index in [1.165, 1.54) is 10.9 Å². The van der Waals surface area contributed by atoms with E-state index >= 15 is 0 Å². The lowest BCUT2D eigenvalue weighted by Gasteiger charge is -2.32. The van der Waals surface area contributed by atoms with Gasteiger partial charge in [-0.25, -0.2) is 0 Å². The molecule has 2 aromatic heterocycles. The van der Waals surface area contributed by atoms with Crippen molar-refractivity contribution < 1.29 is 4.74 Å². The molecule has 4 rings (SSSR count). The fourth-order valence-electron chi connectivity index (χ4n) is 3.07. The average molecular weight is 309 g/mol. The molecule has 6 nitrogen and oxygen atoms in total. The standard InChI is InChI=1S/C17H19N5O/c1-21-12-19-20-17(21)16-11-22(7-8-23-16)10-13-4-5-15-14(9-13)3-2-6-18-15/h2-6,9,12,16H,7-8,10-11H2,1H3/t16-/m1/s1. The van der Waals surface area contributed by atoms with Gasteiger partial charge in [0.15, 0.2) is 5.82 Å². The number of rotatable bonds is 3. The van der Waals surface area contributed by atoms with Gasteiger partial charge in [-0.2, -0.15) is 0 Å². The van der Waals surface area contributed by atoms with Gasteiger partial charge in [-0.15, -0.1) is 10.2 Å². The first-order valence-electron chi connectivity index (χ1n) is 7.81. The number of benzene rings is 1. The summed E-state index contributed by atoms with van der Waals surface area (Å²) in [5, 5.41) is 9.31. The van der Waals surface area contributed by atoms with Crippen LogP contribution in [0.5, 0.6) is 0 Å². The van der Waals surface area contributed by atoms with Crippen molar-refractivity contribution in [2.45, 2.75) is 12.6 Å². The molecule has 1 saturated heterocycles. The average Bonchev–Trinajstić information content (AvgIpc) is 3.01. The van der Waals surface area contributed by atoms with Gasteiger partial charge in [0, 0.05) is 38.3 Å². The molecule has 0 amide bonds. The summed E-state index contributed by atoms with van der Waals surface area (Å²) in [5.41, 5.74) is 2.33. The monoisotopic (exact) mass is 309 g/mol. The van der Waals surface area contributed by atoms with Gasteiger partial charge in [0.2, 0.25) is 0 Å². The predicted molar refractivity (Wildman–Crippen MR) is 86.7 cm³/mol. The van der Waals surface area contributed by atoms with Gasteiger partial charge in [0.25, 0.3) is 0 Å². The van der Waals surface area contributed by atoms with Crippen LogP contribution < -0.4 is 0 Å². The van der Waals surface area contributed by atoms with Crippen molar-refractivity contribution >= 4 is 10.9 Å². The van der Waals surface area contributed by atoms with Gasteiger partial charge in [-0.05, 0) is 23.8 Å². The molecule has 23 heavy (non-hydrogen) atoms. The molecule has 1 fully saturated rings. The third-order valence-electron chi connectivity index (χ3n) is 4.26. The highest BCUT2D eigenvalue weighted by Gasteiger charge is 2.25. The van der Waals surface area contributed by atoms with Gasteiger partial charge >= 0.3 is 0 Å². The molecule has 1 aromatic carbocycles. The summed E-state index contributed by atoms with van der Waals surface area (Å²) in [4.78, 5) is 6.78. The van der Waals surface area contributed by atoms with E-state index in [4.69, 9.17) is 4.74 Å². The highest BCUT2D eigenvalue weighted by Crippen LogP contribution is 2.22. The molecule has 0 bridgehead atoms. The summed E-state index contributed by atoms with van der Waals surface area (Å²) >= 11 is 0. The van der Waals surface area contributed by atoms with Crippen LogP contribution >= 0.6 is 0 Å². The molecule has 3 heterocycles. The summed E-state index contributed by atoms with van der Waals surface area (Å²) in [7, 11) is 1.95. The molecule has 1 aliphatic heterocycles. The number of pyridine rings is 1. The number of nitrogens with zero attached hydrogens (tertiary/aromatic N) is 5. The second-order valence-corrected chi connectivity index (χ2v) is 5.93. The van der Waals surface area contributed by atoms with Crippen molar-refractivity contribution in [2.75, 3.05) is 19.7 Å². The Bertz CT molecular complexity index is 815. The zero-order valence-electron chi connectivity index (χ0n) is 13.1. The molecule has 6 heteroatoms. The second-order valence-electron chi connectivity index (χ2n) is 5.93. The summed E-state index contributed by atoms with van der Waals surface area (Å²) in [6.07, 6.45) is 3.53. The van der Waals surface area contributed by atoms with Crippen LogP contribution in [-0.2, 0) is 18.3 Å². The SMILES string of the molecule is Cn1cnnc1[C@H]1CN(Cc2ccc3ncccc3c2)CCO1. The van der Waals surface area contributed by atoms with Crippen LogP contribution in [0.15, 0.2) is 42.9 Å². The van der Waals surface area contributed by atoms with E-state index < -0.39 is 0 Å². The fourth-order valence-corrected chi connectivity index (χ4v) is 3.07. The maximum Gasteiger partial charge on any atom is 0.163 e. The number of morpholine rings is 1. The quantitative estimate of drug-likeness (QED) is 0.740. The highest BCUT2D eigenvalue weighted by molar-refractivity contribution is 5.78. The Morgan fingerprint density at radius 1 is 1.30 bits per heavy atom. The highest BCUT2D eigenvalue weighted by atomic mass is 16.5. The zero-order valence-corrected chi connectivity index (χ0v) is 13.1. The van der Waals surface area contributed by atoms with Crippen LogP contribution in [0.4, 0.5) is 0 Å². The molecule has 0 spiro atoms. The Hall–Kier alpha value is -2.31. The van der Waals surface area contributed by atoms with Crippen LogP contribution in [0, 0.1) is 0 Å². The molecule has 0 saturated carbocycles. The number of aryl methyl sites for hydroxylation is 1. The van der Waals surface area contributed by atoms with Crippen molar-refractivity contribution in [3.63, 3.8) is 0 Å². The number of ether oxygens (including phenoxy) is 1. The maximum atomic E-state index is 5.87. The molecule has 118 valence electrons. The number of hydrogen-bond acceptors (Lipinski definition) is 5. The van der Waals surface area contributed by atoms with Crippen molar-refractivity contribution in [3.05, 3.63) is 54.2 Å². The van der Waals surface area contributed by atoms with Crippen molar-refractivity contribution in [2.24, 2.45) is 7.05 Å². The topological polar surface area (TPSA) is 56.1 Å². The van der Waals surface area contributed by atoms with E-state index in [9.17, 15) is 0 Å². The molecule has 0 N–H and O–H groups in total. The van der Waals surface area contributed by atoms with E-state index in [2.05, 4.69) is 44.3 Å². The molecule has 0 unspecified atom stereocenters. The first-order chi connectivity index (χ1) is 11.3. The molecular formula is C17H19N5O. The van der Waals surface area contributed by atoms with Gasteiger partial charge < -0.3 is 9.30 Å². The molecular weight excluding hydrogens is 290 g/mol. The van der Waals surface area contributed by atoms with Crippen LogP contribution in [0.25, 0.3) is 10.9 Å². The van der Waals surface area contributed by atoms with E-state index in [1.807, 2.05) is 23.9 Å². The summed E-state index contributed by atoms with van der Waals surface area (Å²) < 4.78 is 7.79. The van der Waals surface area contributed by atoms with E-state index in [0.717, 1.165) is 31.0 Å². The minimum atomic E-state index is -0.0154. The molecule has 0 aliphatic carbocycles. The summed E-state index contributed by atoms with van der Waals surface area (Å²) in [6, 6.07) is 10.5. The van der Waals surface area contributed by atoms with Gasteiger partial charge in [-0.3, -0.25) is 9.88 Å². The first kappa shape index (κ1) is 14.3. The van der Waals surface area contributed by atoms with Gasteiger partial charge in [-0.1, -0.05) is 12.1 Å². The van der Waals surface area contributed by atoms with Crippen LogP contribution in [0.1, 0.15) is 17.5 Å². The van der Waals surface area contributed by atoms with Crippen LogP contribution in [0.3, 0.4) is 0 Å². The molecule has 3 aromatic rings.